The number of benzene rings is 2. The molecule has 0 aliphatic rings. The van der Waals surface area contributed by atoms with Crippen LogP contribution in [0, 0.1) is 21.4 Å². The molecule has 0 saturated heterocycles. The van der Waals surface area contributed by atoms with Crippen LogP contribution in [0.15, 0.2) is 42.0 Å². The van der Waals surface area contributed by atoms with Crippen LogP contribution in [0.1, 0.15) is 5.56 Å². The fourth-order valence-corrected chi connectivity index (χ4v) is 2.33. The number of halogens is 1. The second kappa shape index (κ2) is 8.69. The smallest absolute Gasteiger partial charge is 0.271 e. The fourth-order valence-electron chi connectivity index (χ4n) is 2.17. The van der Waals surface area contributed by atoms with Crippen LogP contribution in [-0.2, 0) is 4.79 Å². The fraction of sp³-hybridized carbons (Fsp3) is 0.111. The minimum absolute atomic E-state index is 0.0318. The van der Waals surface area contributed by atoms with Gasteiger partial charge >= 0.3 is 0 Å². The third kappa shape index (κ3) is 4.74. The molecule has 2 aromatic rings. The van der Waals surface area contributed by atoms with Gasteiger partial charge in [-0.05, 0) is 29.8 Å². The van der Waals surface area contributed by atoms with Gasteiger partial charge in [0.05, 0.1) is 29.9 Å². The molecule has 0 fully saturated rings. The molecular weight excluding hydrogens is 374 g/mol. The first-order valence-corrected chi connectivity index (χ1v) is 7.86. The molecule has 1 amide bonds. The highest BCUT2D eigenvalue weighted by Gasteiger charge is 2.15. The summed E-state index contributed by atoms with van der Waals surface area (Å²) in [6.45, 7) is 0. The average Bonchev–Trinajstić information content (AvgIpc) is 2.67. The van der Waals surface area contributed by atoms with Crippen molar-refractivity contribution in [1.82, 2.24) is 0 Å². The highest BCUT2D eigenvalue weighted by Crippen LogP contribution is 2.29. The molecule has 0 heterocycles. The van der Waals surface area contributed by atoms with Crippen LogP contribution < -0.4 is 14.8 Å². The van der Waals surface area contributed by atoms with Crippen molar-refractivity contribution in [1.29, 1.82) is 5.26 Å². The molecule has 0 aliphatic carbocycles. The largest absolute Gasteiger partial charge is 0.493 e. The Kier molecular flexibility index (Phi) is 6.36. The van der Waals surface area contributed by atoms with Gasteiger partial charge in [0.25, 0.3) is 11.6 Å². The molecule has 2 rings (SSSR count). The summed E-state index contributed by atoms with van der Waals surface area (Å²) >= 11 is 5.96. The van der Waals surface area contributed by atoms with E-state index in [1.54, 1.807) is 24.3 Å². The van der Waals surface area contributed by atoms with E-state index in [-0.39, 0.29) is 22.0 Å². The van der Waals surface area contributed by atoms with Crippen LogP contribution in [0.5, 0.6) is 11.5 Å². The first-order chi connectivity index (χ1) is 12.9. The second-order valence-corrected chi connectivity index (χ2v) is 5.57. The lowest BCUT2D eigenvalue weighted by Crippen LogP contribution is -2.14. The number of hydrogen-bond donors (Lipinski definition) is 1. The summed E-state index contributed by atoms with van der Waals surface area (Å²) < 4.78 is 10.3. The van der Waals surface area contributed by atoms with E-state index in [0.29, 0.717) is 17.1 Å². The van der Waals surface area contributed by atoms with E-state index in [2.05, 4.69) is 5.32 Å². The van der Waals surface area contributed by atoms with Crippen molar-refractivity contribution in [3.63, 3.8) is 0 Å². The third-order valence-electron chi connectivity index (χ3n) is 3.49. The molecule has 1 N–H and O–H groups in total. The first kappa shape index (κ1) is 19.8. The number of nitrogens with one attached hydrogen (secondary N) is 1. The molecule has 0 radical (unpaired) electrons. The Hall–Kier alpha value is -3.57. The number of hydrogen-bond acceptors (Lipinski definition) is 6. The quantitative estimate of drug-likeness (QED) is 0.349. The van der Waals surface area contributed by atoms with Crippen molar-refractivity contribution in [2.24, 2.45) is 0 Å². The predicted octanol–water partition coefficient (Wildman–Crippen LogP) is 3.81. The Bertz CT molecular complexity index is 966. The second-order valence-electron chi connectivity index (χ2n) is 5.16. The van der Waals surface area contributed by atoms with E-state index in [1.807, 2.05) is 0 Å². The van der Waals surface area contributed by atoms with E-state index in [9.17, 15) is 20.2 Å². The van der Waals surface area contributed by atoms with Crippen LogP contribution in [0.3, 0.4) is 0 Å². The SMILES string of the molecule is COc1ccc(/C=C(\C#N)C(=O)Nc2cc([N+](=O)[O-])ccc2Cl)cc1OC. The molecule has 0 spiro atoms. The number of rotatable bonds is 6. The molecule has 138 valence electrons. The Morgan fingerprint density at radius 2 is 1.93 bits per heavy atom. The van der Waals surface area contributed by atoms with Crippen LogP contribution in [0.2, 0.25) is 5.02 Å². The summed E-state index contributed by atoms with van der Waals surface area (Å²) in [6, 6.07) is 10.3. The van der Waals surface area contributed by atoms with E-state index >= 15 is 0 Å². The Balaban J connectivity index is 2.31. The number of nitro benzene ring substituents is 1. The topological polar surface area (TPSA) is 114 Å². The lowest BCUT2D eigenvalue weighted by molar-refractivity contribution is -0.384. The van der Waals surface area contributed by atoms with Crippen molar-refractivity contribution < 1.29 is 19.2 Å². The molecule has 0 aromatic heterocycles. The number of nitro groups is 1. The molecule has 0 atom stereocenters. The number of carbonyl (C=O) groups excluding carboxylic acids is 1. The average molecular weight is 388 g/mol. The molecule has 9 heteroatoms. The molecule has 2 aromatic carbocycles. The molecule has 0 unspecified atom stereocenters. The monoisotopic (exact) mass is 387 g/mol. The van der Waals surface area contributed by atoms with Gasteiger partial charge in [-0.2, -0.15) is 5.26 Å². The van der Waals surface area contributed by atoms with Crippen molar-refractivity contribution in [3.05, 3.63) is 62.7 Å². The summed E-state index contributed by atoms with van der Waals surface area (Å²) in [5.41, 5.74) is 0.107. The maximum Gasteiger partial charge on any atom is 0.271 e. The van der Waals surface area contributed by atoms with Crippen molar-refractivity contribution >= 4 is 35.0 Å². The van der Waals surface area contributed by atoms with E-state index < -0.39 is 10.8 Å². The number of nitriles is 1. The number of nitrogens with zero attached hydrogens (tertiary/aromatic N) is 2. The molecule has 0 aliphatic heterocycles. The van der Waals surface area contributed by atoms with Gasteiger partial charge in [0.2, 0.25) is 0 Å². The predicted molar refractivity (Wildman–Crippen MR) is 99.9 cm³/mol. The van der Waals surface area contributed by atoms with Gasteiger partial charge in [0.15, 0.2) is 11.5 Å². The van der Waals surface area contributed by atoms with Crippen molar-refractivity contribution in [2.45, 2.75) is 0 Å². The third-order valence-corrected chi connectivity index (χ3v) is 3.82. The summed E-state index contributed by atoms with van der Waals surface area (Å²) in [5, 5.41) is 22.7. The Morgan fingerprint density at radius 3 is 2.52 bits per heavy atom. The molecule has 0 saturated carbocycles. The number of ether oxygens (including phenoxy) is 2. The van der Waals surface area contributed by atoms with Gasteiger partial charge in [0, 0.05) is 12.1 Å². The van der Waals surface area contributed by atoms with E-state index in [4.69, 9.17) is 21.1 Å². The molecule has 0 bridgehead atoms. The zero-order valence-corrected chi connectivity index (χ0v) is 15.1. The van der Waals surface area contributed by atoms with Gasteiger partial charge < -0.3 is 14.8 Å². The summed E-state index contributed by atoms with van der Waals surface area (Å²) in [6.07, 6.45) is 1.35. The standard InChI is InChI=1S/C18H14ClN3O5/c1-26-16-6-3-11(8-17(16)27-2)7-12(10-20)18(23)21-15-9-13(22(24)25)4-5-14(15)19/h3-9H,1-2H3,(H,21,23)/b12-7+. The van der Waals surface area contributed by atoms with Gasteiger partial charge in [-0.1, -0.05) is 17.7 Å². The lowest BCUT2D eigenvalue weighted by atomic mass is 10.1. The van der Waals surface area contributed by atoms with Gasteiger partial charge in [0.1, 0.15) is 11.6 Å². The number of anilines is 1. The van der Waals surface area contributed by atoms with Crippen LogP contribution in [0.4, 0.5) is 11.4 Å². The lowest BCUT2D eigenvalue weighted by Gasteiger charge is -2.09. The molecular formula is C18H14ClN3O5. The van der Waals surface area contributed by atoms with E-state index in [0.717, 1.165) is 6.07 Å². The van der Waals surface area contributed by atoms with Crippen molar-refractivity contribution in [3.8, 4) is 17.6 Å². The van der Waals surface area contributed by atoms with Gasteiger partial charge in [-0.25, -0.2) is 0 Å². The Labute approximate surface area is 159 Å². The minimum Gasteiger partial charge on any atom is -0.493 e. The van der Waals surface area contributed by atoms with Crippen molar-refractivity contribution in [2.75, 3.05) is 19.5 Å². The molecule has 27 heavy (non-hydrogen) atoms. The Morgan fingerprint density at radius 1 is 1.22 bits per heavy atom. The molecule has 8 nitrogen and oxygen atoms in total. The first-order valence-electron chi connectivity index (χ1n) is 7.48. The number of non-ortho nitro benzene ring substituents is 1. The van der Waals surface area contributed by atoms with Gasteiger partial charge in [-0.15, -0.1) is 0 Å². The van der Waals surface area contributed by atoms with Crippen LogP contribution >= 0.6 is 11.6 Å². The maximum absolute atomic E-state index is 12.4. The highest BCUT2D eigenvalue weighted by atomic mass is 35.5. The highest BCUT2D eigenvalue weighted by molar-refractivity contribution is 6.34. The summed E-state index contributed by atoms with van der Waals surface area (Å²) in [7, 11) is 2.96. The summed E-state index contributed by atoms with van der Waals surface area (Å²) in [5.74, 6) is 0.182. The zero-order chi connectivity index (χ0) is 20.0. The number of methoxy groups -OCH3 is 2. The van der Waals surface area contributed by atoms with Gasteiger partial charge in [-0.3, -0.25) is 14.9 Å². The summed E-state index contributed by atoms with van der Waals surface area (Å²) in [4.78, 5) is 22.6. The normalized spacial score (nSPS) is 10.7. The zero-order valence-electron chi connectivity index (χ0n) is 14.4. The number of amides is 1. The minimum atomic E-state index is -0.755. The van der Waals surface area contributed by atoms with E-state index in [1.165, 1.54) is 32.4 Å². The maximum atomic E-state index is 12.4. The van der Waals surface area contributed by atoms with Crippen LogP contribution in [-0.4, -0.2) is 25.1 Å². The van der Waals surface area contributed by atoms with Crippen LogP contribution in [0.25, 0.3) is 6.08 Å². The number of carbonyl (C=O) groups is 1.